The third kappa shape index (κ3) is 6.03. The third-order valence-corrected chi connectivity index (χ3v) is 5.29. The van der Waals surface area contributed by atoms with Crippen LogP contribution in [0.2, 0.25) is 0 Å². The molecule has 3 N–H and O–H groups in total. The van der Waals surface area contributed by atoms with Gasteiger partial charge in [0.1, 0.15) is 5.70 Å². The largest absolute Gasteiger partial charge is 0.504 e. The second-order valence-corrected chi connectivity index (χ2v) is 8.03. The molecule has 0 saturated heterocycles. The van der Waals surface area contributed by atoms with Crippen molar-refractivity contribution in [1.82, 2.24) is 10.7 Å². The first kappa shape index (κ1) is 22.3. The zero-order valence-corrected chi connectivity index (χ0v) is 18.7. The average Bonchev–Trinajstić information content (AvgIpc) is 3.29. The predicted molar refractivity (Wildman–Crippen MR) is 124 cm³/mol. The molecule has 0 atom stereocenters. The van der Waals surface area contributed by atoms with Gasteiger partial charge in [0.25, 0.3) is 11.8 Å². The van der Waals surface area contributed by atoms with Gasteiger partial charge < -0.3 is 15.2 Å². The minimum Gasteiger partial charge on any atom is -0.504 e. The Morgan fingerprint density at radius 1 is 1.16 bits per heavy atom. The van der Waals surface area contributed by atoms with Gasteiger partial charge >= 0.3 is 0 Å². The molecule has 0 aliphatic heterocycles. The van der Waals surface area contributed by atoms with Gasteiger partial charge in [-0.15, -0.1) is 11.3 Å². The van der Waals surface area contributed by atoms with Gasteiger partial charge in [0.15, 0.2) is 11.5 Å². The highest BCUT2D eigenvalue weighted by molar-refractivity contribution is 9.10. The van der Waals surface area contributed by atoms with E-state index in [2.05, 4.69) is 31.8 Å². The fourth-order valence-corrected chi connectivity index (χ4v) is 3.64. The Balaban J connectivity index is 1.79. The number of thiophene rings is 1. The molecular formula is C22H18BrN3O4S. The Kier molecular flexibility index (Phi) is 7.58. The quantitative estimate of drug-likeness (QED) is 0.258. The zero-order chi connectivity index (χ0) is 22.2. The molecule has 1 heterocycles. The van der Waals surface area contributed by atoms with E-state index in [1.54, 1.807) is 48.5 Å². The summed E-state index contributed by atoms with van der Waals surface area (Å²) in [5.74, 6) is -0.890. The molecule has 0 aliphatic carbocycles. The van der Waals surface area contributed by atoms with E-state index >= 15 is 0 Å². The minimum atomic E-state index is -0.615. The molecule has 2 amide bonds. The molecule has 0 bridgehead atoms. The van der Waals surface area contributed by atoms with Crippen LogP contribution in [0.5, 0.6) is 11.5 Å². The molecule has 0 saturated carbocycles. The van der Waals surface area contributed by atoms with E-state index in [1.807, 2.05) is 17.5 Å². The summed E-state index contributed by atoms with van der Waals surface area (Å²) in [6.07, 6.45) is 2.85. The maximum Gasteiger partial charge on any atom is 0.287 e. The molecule has 0 fully saturated rings. The van der Waals surface area contributed by atoms with Gasteiger partial charge in [-0.1, -0.05) is 40.2 Å². The number of carbonyl (C=O) groups excluding carboxylic acids is 2. The van der Waals surface area contributed by atoms with Crippen molar-refractivity contribution in [2.24, 2.45) is 5.10 Å². The van der Waals surface area contributed by atoms with E-state index in [1.165, 1.54) is 24.7 Å². The highest BCUT2D eigenvalue weighted by Gasteiger charge is 2.15. The van der Waals surface area contributed by atoms with E-state index in [9.17, 15) is 14.7 Å². The van der Waals surface area contributed by atoms with Gasteiger partial charge in [0, 0.05) is 20.5 Å². The van der Waals surface area contributed by atoms with Crippen molar-refractivity contribution < 1.29 is 19.4 Å². The number of hydrogen-bond donors (Lipinski definition) is 3. The van der Waals surface area contributed by atoms with Crippen molar-refractivity contribution in [2.75, 3.05) is 7.11 Å². The monoisotopic (exact) mass is 499 g/mol. The van der Waals surface area contributed by atoms with Crippen LogP contribution < -0.4 is 15.5 Å². The normalized spacial score (nSPS) is 11.4. The first-order valence-corrected chi connectivity index (χ1v) is 10.7. The number of nitrogens with one attached hydrogen (secondary N) is 2. The number of halogens is 1. The second-order valence-electron chi connectivity index (χ2n) is 6.14. The molecule has 0 aliphatic rings. The van der Waals surface area contributed by atoms with Crippen molar-refractivity contribution in [3.8, 4) is 11.5 Å². The van der Waals surface area contributed by atoms with Crippen molar-refractivity contribution in [2.45, 2.75) is 0 Å². The summed E-state index contributed by atoms with van der Waals surface area (Å²) in [6.45, 7) is 0. The Morgan fingerprint density at radius 3 is 2.61 bits per heavy atom. The minimum absolute atomic E-state index is 0.0319. The lowest BCUT2D eigenvalue weighted by molar-refractivity contribution is -0.117. The van der Waals surface area contributed by atoms with Crippen LogP contribution in [0, 0.1) is 0 Å². The Hall–Kier alpha value is -3.43. The molecule has 0 unspecified atom stereocenters. The van der Waals surface area contributed by atoms with Crippen LogP contribution in [0.25, 0.3) is 6.08 Å². The van der Waals surface area contributed by atoms with Crippen LogP contribution >= 0.6 is 27.3 Å². The van der Waals surface area contributed by atoms with Gasteiger partial charge in [-0.05, 0) is 41.8 Å². The van der Waals surface area contributed by atoms with Gasteiger partial charge in [-0.3, -0.25) is 9.59 Å². The summed E-state index contributed by atoms with van der Waals surface area (Å²) in [7, 11) is 1.43. The number of rotatable bonds is 7. The van der Waals surface area contributed by atoms with Gasteiger partial charge in [-0.25, -0.2) is 5.43 Å². The lowest BCUT2D eigenvalue weighted by atomic mass is 10.2. The van der Waals surface area contributed by atoms with E-state index in [0.717, 1.165) is 4.88 Å². The molecule has 7 nitrogen and oxygen atoms in total. The Labute approximate surface area is 191 Å². The smallest absolute Gasteiger partial charge is 0.287 e. The topological polar surface area (TPSA) is 100 Å². The SMILES string of the molecule is COc1cc(Br)cc(/C=N/NC(=O)/C(=C/c2cccs2)NC(=O)c2ccccc2)c1O. The molecule has 2 aromatic carbocycles. The number of hydrazone groups is 1. The first-order chi connectivity index (χ1) is 15.0. The van der Waals surface area contributed by atoms with Crippen molar-refractivity contribution in [3.05, 3.63) is 86.2 Å². The van der Waals surface area contributed by atoms with Crippen molar-refractivity contribution >= 4 is 51.4 Å². The molecule has 3 rings (SSSR count). The summed E-state index contributed by atoms with van der Waals surface area (Å²) < 4.78 is 5.76. The molecule has 31 heavy (non-hydrogen) atoms. The van der Waals surface area contributed by atoms with Gasteiger partial charge in [0.05, 0.1) is 13.3 Å². The van der Waals surface area contributed by atoms with Crippen LogP contribution in [-0.2, 0) is 4.79 Å². The number of aromatic hydroxyl groups is 1. The molecule has 1 aromatic heterocycles. The maximum absolute atomic E-state index is 12.7. The summed E-state index contributed by atoms with van der Waals surface area (Å²) in [6, 6.07) is 15.5. The van der Waals surface area contributed by atoms with Crippen LogP contribution in [0.3, 0.4) is 0 Å². The van der Waals surface area contributed by atoms with Gasteiger partial charge in [-0.2, -0.15) is 5.10 Å². The highest BCUT2D eigenvalue weighted by atomic mass is 79.9. The molecule has 0 spiro atoms. The number of amides is 2. The van der Waals surface area contributed by atoms with E-state index in [-0.39, 0.29) is 17.2 Å². The fraction of sp³-hybridized carbons (Fsp3) is 0.0455. The summed E-state index contributed by atoms with van der Waals surface area (Å²) in [4.78, 5) is 26.0. The lowest BCUT2D eigenvalue weighted by Gasteiger charge is -2.09. The fourth-order valence-electron chi connectivity index (χ4n) is 2.53. The molecular weight excluding hydrogens is 482 g/mol. The maximum atomic E-state index is 12.7. The standard InChI is InChI=1S/C22H18BrN3O4S/c1-30-19-11-16(23)10-15(20(19)27)13-24-26-22(29)18(12-17-8-5-9-31-17)25-21(28)14-6-3-2-4-7-14/h2-13,27H,1H3,(H,25,28)(H,26,29)/b18-12-,24-13+. The number of hydrogen-bond acceptors (Lipinski definition) is 6. The third-order valence-electron chi connectivity index (χ3n) is 4.02. The number of phenolic OH excluding ortho intramolecular Hbond substituents is 1. The van der Waals surface area contributed by atoms with E-state index in [0.29, 0.717) is 15.6 Å². The molecule has 9 heteroatoms. The Morgan fingerprint density at radius 2 is 1.94 bits per heavy atom. The molecule has 3 aromatic rings. The number of ether oxygens (including phenoxy) is 1. The van der Waals surface area contributed by atoms with E-state index in [4.69, 9.17) is 4.74 Å². The van der Waals surface area contributed by atoms with Crippen LogP contribution in [0.1, 0.15) is 20.8 Å². The first-order valence-electron chi connectivity index (χ1n) is 8.99. The average molecular weight is 500 g/mol. The van der Waals surface area contributed by atoms with Crippen molar-refractivity contribution in [1.29, 1.82) is 0 Å². The number of phenols is 1. The van der Waals surface area contributed by atoms with Crippen molar-refractivity contribution in [3.63, 3.8) is 0 Å². The Bertz CT molecular complexity index is 1130. The summed E-state index contributed by atoms with van der Waals surface area (Å²) in [5, 5.41) is 18.6. The van der Waals surface area contributed by atoms with Crippen LogP contribution in [-0.4, -0.2) is 30.2 Å². The zero-order valence-electron chi connectivity index (χ0n) is 16.3. The second kappa shape index (κ2) is 10.6. The van der Waals surface area contributed by atoms with Gasteiger partial charge in [0.2, 0.25) is 0 Å². The molecule has 0 radical (unpaired) electrons. The highest BCUT2D eigenvalue weighted by Crippen LogP contribution is 2.32. The number of nitrogens with zero attached hydrogens (tertiary/aromatic N) is 1. The van der Waals surface area contributed by atoms with E-state index < -0.39 is 11.8 Å². The molecule has 158 valence electrons. The number of methoxy groups -OCH3 is 1. The lowest BCUT2D eigenvalue weighted by Crippen LogP contribution is -2.32. The number of carbonyl (C=O) groups is 2. The summed E-state index contributed by atoms with van der Waals surface area (Å²) in [5.41, 5.74) is 3.16. The van der Waals surface area contributed by atoms with Crippen LogP contribution in [0.15, 0.2) is 75.2 Å². The summed E-state index contributed by atoms with van der Waals surface area (Å²) >= 11 is 4.74. The predicted octanol–water partition coefficient (Wildman–Crippen LogP) is 4.15. The van der Waals surface area contributed by atoms with Crippen LogP contribution in [0.4, 0.5) is 0 Å². The number of benzene rings is 2.